The van der Waals surface area contributed by atoms with E-state index in [1.165, 1.54) is 50.8 Å². The summed E-state index contributed by atoms with van der Waals surface area (Å²) >= 11 is 0. The largest absolute Gasteiger partial charge is 0.304 e. The number of aromatic nitrogens is 3. The molecule has 0 spiro atoms. The van der Waals surface area contributed by atoms with Crippen LogP contribution < -0.4 is 5.32 Å². The van der Waals surface area contributed by atoms with Crippen LogP contribution in [-0.4, -0.2) is 20.8 Å². The molecule has 0 aromatic carbocycles. The molecule has 3 atom stereocenters. The minimum atomic E-state index is 0.428. The Morgan fingerprint density at radius 1 is 1.20 bits per heavy atom. The molecule has 0 amide bonds. The van der Waals surface area contributed by atoms with E-state index in [-0.39, 0.29) is 0 Å². The maximum atomic E-state index is 4.74. The van der Waals surface area contributed by atoms with E-state index < -0.39 is 0 Å². The van der Waals surface area contributed by atoms with Crippen molar-refractivity contribution in [2.75, 3.05) is 0 Å². The smallest absolute Gasteiger partial charge is 0.150 e. The Labute approximate surface area is 122 Å². The number of nitrogens with one attached hydrogen (secondary N) is 1. The van der Waals surface area contributed by atoms with E-state index in [1.54, 1.807) is 0 Å². The van der Waals surface area contributed by atoms with Crippen LogP contribution in [0.3, 0.4) is 0 Å². The van der Waals surface area contributed by atoms with Crippen LogP contribution in [0.25, 0.3) is 0 Å². The lowest BCUT2D eigenvalue weighted by atomic mass is 9.83. The van der Waals surface area contributed by atoms with Gasteiger partial charge in [-0.05, 0) is 31.6 Å². The molecule has 1 N–H and O–H groups in total. The normalized spacial score (nSPS) is 30.2. The molecule has 20 heavy (non-hydrogen) atoms. The van der Waals surface area contributed by atoms with Crippen molar-refractivity contribution < 1.29 is 0 Å². The lowest BCUT2D eigenvalue weighted by Gasteiger charge is -2.33. The van der Waals surface area contributed by atoms with Crippen LogP contribution in [0, 0.1) is 5.92 Å². The molecule has 2 heterocycles. The highest BCUT2D eigenvalue weighted by atomic mass is 15.4. The zero-order valence-electron chi connectivity index (χ0n) is 12.9. The van der Waals surface area contributed by atoms with Crippen molar-refractivity contribution >= 4 is 0 Å². The van der Waals surface area contributed by atoms with Crippen LogP contribution in [0.1, 0.15) is 76.5 Å². The van der Waals surface area contributed by atoms with Gasteiger partial charge in [0.15, 0.2) is 5.82 Å². The Bertz CT molecular complexity index is 440. The van der Waals surface area contributed by atoms with Gasteiger partial charge < -0.3 is 5.32 Å². The van der Waals surface area contributed by atoms with Crippen molar-refractivity contribution in [2.24, 2.45) is 5.92 Å². The van der Waals surface area contributed by atoms with E-state index in [1.807, 2.05) is 0 Å². The van der Waals surface area contributed by atoms with E-state index in [4.69, 9.17) is 4.98 Å². The molecule has 4 heteroatoms. The van der Waals surface area contributed by atoms with Crippen molar-refractivity contribution in [3.63, 3.8) is 0 Å². The molecule has 0 bridgehead atoms. The van der Waals surface area contributed by atoms with Crippen molar-refractivity contribution in [3.8, 4) is 0 Å². The second kappa shape index (κ2) is 6.25. The van der Waals surface area contributed by atoms with Gasteiger partial charge in [-0.25, -0.2) is 9.67 Å². The van der Waals surface area contributed by atoms with Crippen LogP contribution in [0.15, 0.2) is 0 Å². The van der Waals surface area contributed by atoms with E-state index in [2.05, 4.69) is 28.9 Å². The van der Waals surface area contributed by atoms with E-state index >= 15 is 0 Å². The Kier molecular flexibility index (Phi) is 4.39. The zero-order valence-corrected chi connectivity index (χ0v) is 12.9. The third kappa shape index (κ3) is 2.90. The first kappa shape index (κ1) is 14.1. The van der Waals surface area contributed by atoms with Gasteiger partial charge in [-0.3, -0.25) is 0 Å². The summed E-state index contributed by atoms with van der Waals surface area (Å²) in [6, 6.07) is 1.11. The van der Waals surface area contributed by atoms with Crippen LogP contribution in [0.4, 0.5) is 0 Å². The summed E-state index contributed by atoms with van der Waals surface area (Å²) in [5.41, 5.74) is 0. The average molecular weight is 276 g/mol. The topological polar surface area (TPSA) is 42.7 Å². The van der Waals surface area contributed by atoms with Gasteiger partial charge in [0.05, 0.1) is 6.04 Å². The fourth-order valence-electron chi connectivity index (χ4n) is 3.80. The van der Waals surface area contributed by atoms with E-state index in [0.29, 0.717) is 12.1 Å². The van der Waals surface area contributed by atoms with Gasteiger partial charge in [-0.1, -0.05) is 33.1 Å². The lowest BCUT2D eigenvalue weighted by Crippen LogP contribution is -2.39. The summed E-state index contributed by atoms with van der Waals surface area (Å²) < 4.78 is 2.14. The number of hydrogen-bond acceptors (Lipinski definition) is 3. The van der Waals surface area contributed by atoms with Crippen molar-refractivity contribution in [1.29, 1.82) is 0 Å². The summed E-state index contributed by atoms with van der Waals surface area (Å²) in [5.74, 6) is 3.12. The Balaban J connectivity index is 1.68. The Morgan fingerprint density at radius 2 is 2.10 bits per heavy atom. The molecule has 0 radical (unpaired) electrons. The molecule has 1 aromatic heterocycles. The number of aryl methyl sites for hydroxylation is 2. The first-order valence-corrected chi connectivity index (χ1v) is 8.49. The van der Waals surface area contributed by atoms with Crippen LogP contribution in [0.5, 0.6) is 0 Å². The van der Waals surface area contributed by atoms with E-state index in [0.717, 1.165) is 24.7 Å². The Morgan fingerprint density at radius 3 is 2.90 bits per heavy atom. The monoisotopic (exact) mass is 276 g/mol. The predicted octanol–water partition coefficient (Wildman–Crippen LogP) is 3.23. The van der Waals surface area contributed by atoms with Gasteiger partial charge in [0.1, 0.15) is 5.82 Å². The third-order valence-electron chi connectivity index (χ3n) is 5.03. The third-order valence-corrected chi connectivity index (χ3v) is 5.03. The summed E-state index contributed by atoms with van der Waals surface area (Å²) in [4.78, 5) is 4.74. The highest BCUT2D eigenvalue weighted by Gasteiger charge is 2.28. The van der Waals surface area contributed by atoms with Gasteiger partial charge in [-0.15, -0.1) is 0 Å². The van der Waals surface area contributed by atoms with Gasteiger partial charge in [-0.2, -0.15) is 5.10 Å². The summed E-state index contributed by atoms with van der Waals surface area (Å²) in [7, 11) is 0. The molecule has 2 aliphatic rings. The fourth-order valence-corrected chi connectivity index (χ4v) is 3.80. The number of rotatable bonds is 4. The maximum absolute atomic E-state index is 4.74. The Hall–Kier alpha value is -0.900. The number of fused-ring (bicyclic) bond motifs is 1. The standard InChI is InChI=1S/C16H28N4/c1-3-12-7-5-8-13(11-12)17-14-9-6-10-20-16(14)18-15(4-2)19-20/h12-14,17H,3-11H2,1-2H3/t12-,13+,14-/m0/s1. The molecule has 1 aliphatic heterocycles. The molecular weight excluding hydrogens is 248 g/mol. The molecule has 1 aliphatic carbocycles. The molecule has 0 unspecified atom stereocenters. The van der Waals surface area contributed by atoms with Crippen molar-refractivity contribution in [1.82, 2.24) is 20.1 Å². The second-order valence-corrected chi connectivity index (χ2v) is 6.46. The summed E-state index contributed by atoms with van der Waals surface area (Å²) in [5, 5.41) is 8.50. The predicted molar refractivity (Wildman–Crippen MR) is 80.5 cm³/mol. The second-order valence-electron chi connectivity index (χ2n) is 6.46. The van der Waals surface area contributed by atoms with Gasteiger partial charge in [0.25, 0.3) is 0 Å². The minimum absolute atomic E-state index is 0.428. The van der Waals surface area contributed by atoms with Crippen LogP contribution >= 0.6 is 0 Å². The van der Waals surface area contributed by atoms with Crippen molar-refractivity contribution in [2.45, 2.75) is 83.8 Å². The van der Waals surface area contributed by atoms with Gasteiger partial charge >= 0.3 is 0 Å². The molecule has 1 fully saturated rings. The molecular formula is C16H28N4. The minimum Gasteiger partial charge on any atom is -0.304 e. The number of hydrogen-bond donors (Lipinski definition) is 1. The van der Waals surface area contributed by atoms with E-state index in [9.17, 15) is 0 Å². The van der Waals surface area contributed by atoms with Gasteiger partial charge in [0.2, 0.25) is 0 Å². The molecule has 3 rings (SSSR count). The highest BCUT2D eigenvalue weighted by molar-refractivity contribution is 5.03. The summed E-state index contributed by atoms with van der Waals surface area (Å²) in [6.07, 6.45) is 10.2. The molecule has 4 nitrogen and oxygen atoms in total. The molecule has 1 saturated carbocycles. The lowest BCUT2D eigenvalue weighted by molar-refractivity contribution is 0.242. The average Bonchev–Trinajstić information content (AvgIpc) is 2.92. The zero-order chi connectivity index (χ0) is 13.9. The maximum Gasteiger partial charge on any atom is 0.150 e. The highest BCUT2D eigenvalue weighted by Crippen LogP contribution is 2.30. The first-order chi connectivity index (χ1) is 9.80. The molecule has 0 saturated heterocycles. The van der Waals surface area contributed by atoms with Crippen molar-refractivity contribution in [3.05, 3.63) is 11.6 Å². The van der Waals surface area contributed by atoms with Crippen LogP contribution in [-0.2, 0) is 13.0 Å². The molecule has 112 valence electrons. The quantitative estimate of drug-likeness (QED) is 0.918. The molecule has 1 aromatic rings. The first-order valence-electron chi connectivity index (χ1n) is 8.49. The SMILES string of the molecule is CCc1nc2n(n1)CCC[C@@H]2N[C@@H]1CCC[C@H](CC)C1. The number of nitrogens with zero attached hydrogens (tertiary/aromatic N) is 3. The fraction of sp³-hybridized carbons (Fsp3) is 0.875. The van der Waals surface area contributed by atoms with Crippen LogP contribution in [0.2, 0.25) is 0 Å². The summed E-state index contributed by atoms with van der Waals surface area (Å²) in [6.45, 7) is 5.51. The van der Waals surface area contributed by atoms with Gasteiger partial charge in [0, 0.05) is 19.0 Å².